The molecule has 0 radical (unpaired) electrons. The first-order valence-corrected chi connectivity index (χ1v) is 8.20. The van der Waals surface area contributed by atoms with Crippen LogP contribution < -0.4 is 5.32 Å². The van der Waals surface area contributed by atoms with E-state index in [0.29, 0.717) is 6.54 Å². The van der Waals surface area contributed by atoms with Crippen molar-refractivity contribution in [1.82, 2.24) is 25.0 Å². The second kappa shape index (κ2) is 8.56. The number of unbranched alkanes of at least 4 members (excludes halogenated alkanes) is 3. The maximum atomic E-state index is 4.35. The maximum Gasteiger partial charge on any atom is 0.193 e. The SMILES string of the molecule is C=CCCCCCN(C)C(=NC)NCc1nnc2n1CCC2. The largest absolute Gasteiger partial charge is 0.349 e. The van der Waals surface area contributed by atoms with Gasteiger partial charge >= 0.3 is 0 Å². The standard InChI is InChI=1S/C16H28N6/c1-4-5-6-7-8-11-21(3)16(17-2)18-13-15-20-19-14-10-9-12-22(14)15/h4H,1,5-13H2,2-3H3,(H,17,18). The summed E-state index contributed by atoms with van der Waals surface area (Å²) in [7, 11) is 3.90. The normalized spacial score (nSPS) is 14.0. The van der Waals surface area contributed by atoms with Gasteiger partial charge in [0.15, 0.2) is 11.8 Å². The second-order valence-corrected chi connectivity index (χ2v) is 5.75. The number of nitrogens with zero attached hydrogens (tertiary/aromatic N) is 5. The van der Waals surface area contributed by atoms with Gasteiger partial charge in [0.1, 0.15) is 5.82 Å². The highest BCUT2D eigenvalue weighted by Crippen LogP contribution is 2.13. The van der Waals surface area contributed by atoms with Gasteiger partial charge in [-0.25, -0.2) is 0 Å². The molecule has 0 amide bonds. The summed E-state index contributed by atoms with van der Waals surface area (Å²) in [6.45, 7) is 6.48. The summed E-state index contributed by atoms with van der Waals surface area (Å²) in [5.41, 5.74) is 0. The number of hydrogen-bond donors (Lipinski definition) is 1. The van der Waals surface area contributed by atoms with Crippen molar-refractivity contribution in [3.63, 3.8) is 0 Å². The molecule has 0 fully saturated rings. The molecule has 0 saturated heterocycles. The lowest BCUT2D eigenvalue weighted by Gasteiger charge is -2.21. The lowest BCUT2D eigenvalue weighted by Crippen LogP contribution is -2.39. The zero-order valence-electron chi connectivity index (χ0n) is 13.9. The summed E-state index contributed by atoms with van der Waals surface area (Å²) in [4.78, 5) is 6.53. The van der Waals surface area contributed by atoms with Crippen LogP contribution >= 0.6 is 0 Å². The van der Waals surface area contributed by atoms with Crippen LogP contribution in [0.3, 0.4) is 0 Å². The van der Waals surface area contributed by atoms with E-state index in [4.69, 9.17) is 0 Å². The lowest BCUT2D eigenvalue weighted by atomic mass is 10.2. The number of guanidine groups is 1. The van der Waals surface area contributed by atoms with Gasteiger partial charge in [-0.2, -0.15) is 0 Å². The number of allylic oxidation sites excluding steroid dienone is 1. The molecule has 0 spiro atoms. The molecular formula is C16H28N6. The number of nitrogens with one attached hydrogen (secondary N) is 1. The Morgan fingerprint density at radius 3 is 3.05 bits per heavy atom. The summed E-state index contributed by atoms with van der Waals surface area (Å²) in [5.74, 6) is 3.04. The van der Waals surface area contributed by atoms with Crippen LogP contribution in [-0.2, 0) is 19.5 Å². The predicted molar refractivity (Wildman–Crippen MR) is 89.8 cm³/mol. The van der Waals surface area contributed by atoms with Gasteiger partial charge in [0.2, 0.25) is 0 Å². The molecule has 122 valence electrons. The molecule has 1 aromatic heterocycles. The Morgan fingerprint density at radius 2 is 2.27 bits per heavy atom. The van der Waals surface area contributed by atoms with E-state index in [-0.39, 0.29) is 0 Å². The van der Waals surface area contributed by atoms with Crippen molar-refractivity contribution in [2.75, 3.05) is 20.6 Å². The average molecular weight is 304 g/mol. The Labute approximate surface area is 133 Å². The molecule has 2 rings (SSSR count). The van der Waals surface area contributed by atoms with Crippen molar-refractivity contribution in [2.45, 2.75) is 51.6 Å². The summed E-state index contributed by atoms with van der Waals surface area (Å²) in [6, 6.07) is 0. The molecule has 0 unspecified atom stereocenters. The molecule has 1 aliphatic rings. The Kier molecular flexibility index (Phi) is 6.43. The molecule has 0 atom stereocenters. The minimum Gasteiger partial charge on any atom is -0.349 e. The van der Waals surface area contributed by atoms with Crippen LogP contribution in [0.4, 0.5) is 0 Å². The zero-order chi connectivity index (χ0) is 15.8. The van der Waals surface area contributed by atoms with Gasteiger partial charge in [-0.1, -0.05) is 12.5 Å². The van der Waals surface area contributed by atoms with E-state index in [9.17, 15) is 0 Å². The van der Waals surface area contributed by atoms with Crippen LogP contribution in [-0.4, -0.2) is 46.3 Å². The van der Waals surface area contributed by atoms with E-state index < -0.39 is 0 Å². The molecule has 1 N–H and O–H groups in total. The molecule has 2 heterocycles. The molecule has 6 nitrogen and oxygen atoms in total. The highest BCUT2D eigenvalue weighted by Gasteiger charge is 2.17. The summed E-state index contributed by atoms with van der Waals surface area (Å²) in [6.07, 6.45) is 8.94. The third kappa shape index (κ3) is 4.32. The van der Waals surface area contributed by atoms with E-state index in [1.807, 2.05) is 13.1 Å². The van der Waals surface area contributed by atoms with Crippen LogP contribution in [0.2, 0.25) is 0 Å². The molecule has 0 bridgehead atoms. The third-order valence-corrected chi connectivity index (χ3v) is 4.07. The highest BCUT2D eigenvalue weighted by atomic mass is 15.3. The zero-order valence-corrected chi connectivity index (χ0v) is 13.9. The highest BCUT2D eigenvalue weighted by molar-refractivity contribution is 5.79. The molecule has 0 aliphatic carbocycles. The van der Waals surface area contributed by atoms with Crippen molar-refractivity contribution in [2.24, 2.45) is 4.99 Å². The van der Waals surface area contributed by atoms with E-state index in [0.717, 1.165) is 43.5 Å². The predicted octanol–water partition coefficient (Wildman–Crippen LogP) is 1.98. The first-order valence-electron chi connectivity index (χ1n) is 8.20. The monoisotopic (exact) mass is 304 g/mol. The lowest BCUT2D eigenvalue weighted by molar-refractivity contribution is 0.453. The quantitative estimate of drug-likeness (QED) is 0.345. The number of hydrogen-bond acceptors (Lipinski definition) is 3. The smallest absolute Gasteiger partial charge is 0.193 e. The van der Waals surface area contributed by atoms with Crippen molar-refractivity contribution in [1.29, 1.82) is 0 Å². The number of fused-ring (bicyclic) bond motifs is 1. The topological polar surface area (TPSA) is 58.3 Å². The maximum absolute atomic E-state index is 4.35. The van der Waals surface area contributed by atoms with Crippen LogP contribution in [0.5, 0.6) is 0 Å². The van der Waals surface area contributed by atoms with Crippen LogP contribution in [0.25, 0.3) is 0 Å². The van der Waals surface area contributed by atoms with Crippen molar-refractivity contribution >= 4 is 5.96 Å². The molecular weight excluding hydrogens is 276 g/mol. The Hall–Kier alpha value is -1.85. The molecule has 0 saturated carbocycles. The van der Waals surface area contributed by atoms with Gasteiger partial charge in [-0.3, -0.25) is 4.99 Å². The van der Waals surface area contributed by atoms with E-state index in [1.54, 1.807) is 0 Å². The van der Waals surface area contributed by atoms with Gasteiger partial charge in [0, 0.05) is 33.6 Å². The van der Waals surface area contributed by atoms with Gasteiger partial charge in [0.25, 0.3) is 0 Å². The van der Waals surface area contributed by atoms with E-state index >= 15 is 0 Å². The summed E-state index contributed by atoms with van der Waals surface area (Å²) < 4.78 is 2.22. The van der Waals surface area contributed by atoms with E-state index in [2.05, 4.69) is 43.6 Å². The Balaban J connectivity index is 1.75. The molecule has 0 aromatic carbocycles. The number of rotatable bonds is 8. The van der Waals surface area contributed by atoms with Crippen molar-refractivity contribution in [3.05, 3.63) is 24.3 Å². The fraction of sp³-hybridized carbons (Fsp3) is 0.688. The molecule has 22 heavy (non-hydrogen) atoms. The fourth-order valence-corrected chi connectivity index (χ4v) is 2.80. The summed E-state index contributed by atoms with van der Waals surface area (Å²) in [5, 5.41) is 11.9. The van der Waals surface area contributed by atoms with Gasteiger partial charge < -0.3 is 14.8 Å². The van der Waals surface area contributed by atoms with Gasteiger partial charge in [-0.15, -0.1) is 16.8 Å². The Morgan fingerprint density at radius 1 is 1.41 bits per heavy atom. The van der Waals surface area contributed by atoms with Crippen molar-refractivity contribution < 1.29 is 0 Å². The first kappa shape index (κ1) is 16.5. The van der Waals surface area contributed by atoms with Gasteiger partial charge in [-0.05, 0) is 25.7 Å². The van der Waals surface area contributed by atoms with E-state index in [1.165, 1.54) is 25.7 Å². The Bertz CT molecular complexity index is 505. The minimum absolute atomic E-state index is 0.681. The van der Waals surface area contributed by atoms with Gasteiger partial charge in [0.05, 0.1) is 6.54 Å². The molecule has 1 aliphatic heterocycles. The number of aliphatic imine (C=N–C) groups is 1. The fourth-order valence-electron chi connectivity index (χ4n) is 2.80. The average Bonchev–Trinajstić information content (AvgIpc) is 3.12. The van der Waals surface area contributed by atoms with Crippen LogP contribution in [0.1, 0.15) is 43.8 Å². The third-order valence-electron chi connectivity index (χ3n) is 4.07. The van der Waals surface area contributed by atoms with Crippen LogP contribution in [0.15, 0.2) is 17.6 Å². The first-order chi connectivity index (χ1) is 10.8. The number of aryl methyl sites for hydroxylation is 1. The van der Waals surface area contributed by atoms with Crippen molar-refractivity contribution in [3.8, 4) is 0 Å². The molecule has 1 aromatic rings. The second-order valence-electron chi connectivity index (χ2n) is 5.75. The minimum atomic E-state index is 0.681. The molecule has 6 heteroatoms. The van der Waals surface area contributed by atoms with Crippen LogP contribution in [0, 0.1) is 0 Å². The summed E-state index contributed by atoms with van der Waals surface area (Å²) >= 11 is 0. The number of aromatic nitrogens is 3.